The Balaban J connectivity index is 3.21. The highest BCUT2D eigenvalue weighted by Gasteiger charge is 2.38. The monoisotopic (exact) mass is 673 g/mol. The first kappa shape index (κ1) is 39.9. The maximum atomic E-state index is 13.4. The number of nitrogens with two attached hydrogens (primary N) is 3. The van der Waals surface area contributed by atoms with E-state index in [9.17, 15) is 43.8 Å². The Morgan fingerprint density at radius 3 is 2.07 bits per heavy atom. The van der Waals surface area contributed by atoms with E-state index in [0.717, 1.165) is 0 Å². The Bertz CT molecular complexity index is 1130. The molecule has 0 bridgehead atoms. The molecule has 1 fully saturated rings. The maximum Gasteiger partial charge on any atom is 0.303 e. The smallest absolute Gasteiger partial charge is 0.303 e. The zero-order chi connectivity index (χ0) is 35.0. The van der Waals surface area contributed by atoms with E-state index in [2.05, 4.69) is 26.3 Å². The van der Waals surface area contributed by atoms with E-state index in [1.54, 1.807) is 0 Å². The molecule has 0 radical (unpaired) electrons. The third kappa shape index (κ3) is 13.9. The van der Waals surface area contributed by atoms with Crippen LogP contribution in [0.15, 0.2) is 4.99 Å². The summed E-state index contributed by atoms with van der Waals surface area (Å²) in [6.07, 6.45) is 0.750. The summed E-state index contributed by atoms with van der Waals surface area (Å²) in [6, 6.07) is -6.19. The van der Waals surface area contributed by atoms with Crippen molar-refractivity contribution < 1.29 is 43.8 Å². The van der Waals surface area contributed by atoms with Gasteiger partial charge in [0.05, 0.1) is 6.10 Å². The van der Waals surface area contributed by atoms with E-state index >= 15 is 0 Å². The summed E-state index contributed by atoms with van der Waals surface area (Å²) in [5, 5.41) is 29.6. The van der Waals surface area contributed by atoms with Crippen LogP contribution in [0.4, 0.5) is 0 Å². The number of nitrogens with zero attached hydrogens (tertiary/aromatic N) is 2. The van der Waals surface area contributed by atoms with Gasteiger partial charge in [-0.05, 0) is 57.5 Å². The lowest BCUT2D eigenvalue weighted by Crippen LogP contribution is -2.61. The highest BCUT2D eigenvalue weighted by molar-refractivity contribution is 7.98. The van der Waals surface area contributed by atoms with Gasteiger partial charge in [-0.25, -0.2) is 0 Å². The van der Waals surface area contributed by atoms with Gasteiger partial charge in [-0.15, -0.1) is 0 Å². The van der Waals surface area contributed by atoms with Gasteiger partial charge in [0.1, 0.15) is 30.2 Å². The number of aliphatic imine (C=N–C) groups is 1. The molecule has 0 spiro atoms. The van der Waals surface area contributed by atoms with E-state index in [1.165, 1.54) is 30.5 Å². The van der Waals surface area contributed by atoms with Crippen LogP contribution in [0.2, 0.25) is 0 Å². The second kappa shape index (κ2) is 20.1. The minimum absolute atomic E-state index is 0.00100. The Morgan fingerprint density at radius 1 is 0.913 bits per heavy atom. The number of hydrogen-bond acceptors (Lipinski definition) is 10. The molecular weight excluding hydrogens is 626 g/mol. The SMILES string of the molecule is CSCC[C@H](NC(C)=O)C(=O)N[C@@H](CCCN=C(N)N)C(=O)N[C@H](C(=O)N[C@@H](CCC(=O)O)C(=O)N1CCC[C@H]1C(N)=O)[C@@H](C)O. The number of thioether (sulfide) groups is 1. The molecule has 0 aliphatic carbocycles. The van der Waals surface area contributed by atoms with Gasteiger partial charge in [0.2, 0.25) is 35.4 Å². The predicted octanol–water partition coefficient (Wildman–Crippen LogP) is -3.53. The third-order valence-electron chi connectivity index (χ3n) is 7.07. The molecule has 1 rings (SSSR count). The van der Waals surface area contributed by atoms with Crippen LogP contribution in [0, 0.1) is 0 Å². The van der Waals surface area contributed by atoms with Gasteiger partial charge in [0.25, 0.3) is 0 Å². The van der Waals surface area contributed by atoms with Crippen LogP contribution in [0.5, 0.6) is 0 Å². The van der Waals surface area contributed by atoms with Gasteiger partial charge in [0.15, 0.2) is 5.96 Å². The first-order valence-electron chi connectivity index (χ1n) is 14.8. The number of aliphatic hydroxyl groups is 1. The third-order valence-corrected chi connectivity index (χ3v) is 7.72. The summed E-state index contributed by atoms with van der Waals surface area (Å²) in [4.78, 5) is 93.1. The fourth-order valence-corrected chi connectivity index (χ4v) is 5.24. The molecule has 12 N–H and O–H groups in total. The fourth-order valence-electron chi connectivity index (χ4n) is 4.77. The van der Waals surface area contributed by atoms with Crippen molar-refractivity contribution >= 4 is 59.1 Å². The second-order valence-electron chi connectivity index (χ2n) is 10.9. The van der Waals surface area contributed by atoms with Gasteiger partial charge < -0.3 is 53.6 Å². The quantitative estimate of drug-likeness (QED) is 0.0345. The molecular formula is C27H47N9O9S. The van der Waals surface area contributed by atoms with Crippen molar-refractivity contribution in [3.05, 3.63) is 0 Å². The molecule has 18 nitrogen and oxygen atoms in total. The lowest BCUT2D eigenvalue weighted by molar-refractivity contribution is -0.143. The zero-order valence-electron chi connectivity index (χ0n) is 26.3. The fraction of sp³-hybridized carbons (Fsp3) is 0.704. The minimum Gasteiger partial charge on any atom is -0.481 e. The molecule has 1 heterocycles. The van der Waals surface area contributed by atoms with Gasteiger partial charge in [0, 0.05) is 26.4 Å². The van der Waals surface area contributed by atoms with Crippen molar-refractivity contribution in [1.29, 1.82) is 0 Å². The Kier molecular flexibility index (Phi) is 17.4. The number of nitrogens with one attached hydrogen (secondary N) is 4. The number of likely N-dealkylation sites (tertiary alicyclic amines) is 1. The lowest BCUT2D eigenvalue weighted by atomic mass is 10.0. The van der Waals surface area contributed by atoms with E-state index in [1.807, 2.05) is 6.26 Å². The second-order valence-corrected chi connectivity index (χ2v) is 11.8. The minimum atomic E-state index is -1.64. The maximum absolute atomic E-state index is 13.4. The normalized spacial score (nSPS) is 17.4. The van der Waals surface area contributed by atoms with Gasteiger partial charge >= 0.3 is 5.97 Å². The first-order chi connectivity index (χ1) is 21.6. The lowest BCUT2D eigenvalue weighted by Gasteiger charge is -2.30. The molecule has 19 heteroatoms. The molecule has 260 valence electrons. The topological polar surface area (TPSA) is 302 Å². The van der Waals surface area contributed by atoms with Gasteiger partial charge in [-0.3, -0.25) is 38.6 Å². The van der Waals surface area contributed by atoms with Crippen LogP contribution < -0.4 is 38.5 Å². The van der Waals surface area contributed by atoms with E-state index in [4.69, 9.17) is 17.2 Å². The van der Waals surface area contributed by atoms with Crippen molar-refractivity contribution in [2.75, 3.05) is 25.1 Å². The molecule has 1 aliphatic rings. The number of carboxylic acid groups (broad SMARTS) is 1. The van der Waals surface area contributed by atoms with Crippen LogP contribution in [0.25, 0.3) is 0 Å². The van der Waals surface area contributed by atoms with Gasteiger partial charge in [-0.1, -0.05) is 0 Å². The number of carbonyl (C=O) groups is 7. The highest BCUT2D eigenvalue weighted by Crippen LogP contribution is 2.19. The number of carbonyl (C=O) groups excluding carboxylic acids is 6. The number of guanidine groups is 1. The number of rotatable bonds is 20. The largest absolute Gasteiger partial charge is 0.481 e. The van der Waals surface area contributed by atoms with Crippen LogP contribution in [0.1, 0.15) is 58.8 Å². The van der Waals surface area contributed by atoms with Gasteiger partial charge in [-0.2, -0.15) is 11.8 Å². The van der Waals surface area contributed by atoms with Crippen LogP contribution in [-0.2, 0) is 33.6 Å². The van der Waals surface area contributed by atoms with Crippen LogP contribution in [-0.4, -0.2) is 124 Å². The Labute approximate surface area is 271 Å². The number of primary amides is 1. The standard InChI is InChI=1S/C27H47N9O9S/c1-14(37)21(25(44)34-18(8-9-20(39)40)26(45)36-12-5-7-19(36)22(28)41)35-24(43)16(6-4-11-31-27(29)30)33-23(42)17(10-13-46-3)32-15(2)38/h14,16-19,21,37H,4-13H2,1-3H3,(H2,28,41)(H,32,38)(H,33,42)(H,34,44)(H,35,43)(H,39,40)(H4,29,30,31)/t14-,16+,17+,18+,19+,21+/m1/s1. The average Bonchev–Trinajstić information content (AvgIpc) is 3.47. The Hall–Kier alpha value is -4.13. The Morgan fingerprint density at radius 2 is 1.52 bits per heavy atom. The highest BCUT2D eigenvalue weighted by atomic mass is 32.2. The number of aliphatic carboxylic acids is 1. The van der Waals surface area contributed by atoms with Crippen molar-refractivity contribution in [1.82, 2.24) is 26.2 Å². The van der Waals surface area contributed by atoms with Crippen molar-refractivity contribution in [2.45, 2.75) is 95.1 Å². The summed E-state index contributed by atoms with van der Waals surface area (Å²) >= 11 is 1.45. The summed E-state index contributed by atoms with van der Waals surface area (Å²) in [6.45, 7) is 2.74. The number of carboxylic acids is 1. The summed E-state index contributed by atoms with van der Waals surface area (Å²) in [7, 11) is 0. The predicted molar refractivity (Wildman–Crippen MR) is 169 cm³/mol. The first-order valence-corrected chi connectivity index (χ1v) is 16.2. The van der Waals surface area contributed by atoms with E-state index in [-0.39, 0.29) is 44.7 Å². The number of amides is 6. The molecule has 1 aliphatic heterocycles. The van der Waals surface area contributed by atoms with Crippen LogP contribution >= 0.6 is 11.8 Å². The van der Waals surface area contributed by atoms with Crippen LogP contribution in [0.3, 0.4) is 0 Å². The zero-order valence-corrected chi connectivity index (χ0v) is 27.1. The van der Waals surface area contributed by atoms with Crippen molar-refractivity contribution in [3.8, 4) is 0 Å². The van der Waals surface area contributed by atoms with Crippen molar-refractivity contribution in [3.63, 3.8) is 0 Å². The van der Waals surface area contributed by atoms with Crippen molar-refractivity contribution in [2.24, 2.45) is 22.2 Å². The number of aliphatic hydroxyl groups excluding tert-OH is 1. The molecule has 0 saturated carbocycles. The van der Waals surface area contributed by atoms with E-state index in [0.29, 0.717) is 18.6 Å². The molecule has 6 atom stereocenters. The molecule has 0 aromatic carbocycles. The molecule has 0 unspecified atom stereocenters. The summed E-state index contributed by atoms with van der Waals surface area (Å²) in [5.41, 5.74) is 16.1. The summed E-state index contributed by atoms with van der Waals surface area (Å²) < 4.78 is 0. The summed E-state index contributed by atoms with van der Waals surface area (Å²) in [5.74, 6) is -5.35. The molecule has 6 amide bonds. The molecule has 1 saturated heterocycles. The molecule has 0 aromatic rings. The average molecular weight is 674 g/mol. The molecule has 0 aromatic heterocycles. The molecule has 46 heavy (non-hydrogen) atoms. The number of hydrogen-bond donors (Lipinski definition) is 9. The van der Waals surface area contributed by atoms with E-state index < -0.39 is 84.1 Å².